The topological polar surface area (TPSA) is 0 Å². The molecule has 4 aliphatic rings. The first-order chi connectivity index (χ1) is 36.3. The van der Waals surface area contributed by atoms with Crippen molar-refractivity contribution in [1.29, 1.82) is 0 Å². The summed E-state index contributed by atoms with van der Waals surface area (Å²) >= 11 is 0. The fourth-order valence-corrected chi connectivity index (χ4v) is 12.4. The maximum atomic E-state index is 2.47. The van der Waals surface area contributed by atoms with Crippen LogP contribution in [0, 0.1) is 51.4 Å². The van der Waals surface area contributed by atoms with Crippen LogP contribution in [0.4, 0.5) is 0 Å². The molecule has 4 aliphatic carbocycles. The van der Waals surface area contributed by atoms with Crippen molar-refractivity contribution in [3.63, 3.8) is 0 Å². The van der Waals surface area contributed by atoms with Gasteiger partial charge in [0.1, 0.15) is 0 Å². The number of hydrogen-bond donors (Lipinski definition) is 0. The van der Waals surface area contributed by atoms with Gasteiger partial charge < -0.3 is 0 Å². The fourth-order valence-electron chi connectivity index (χ4n) is 12.4. The van der Waals surface area contributed by atoms with E-state index in [-0.39, 0.29) is 14.9 Å². The molecule has 0 radical (unpaired) electrons. The van der Waals surface area contributed by atoms with Gasteiger partial charge in [0.15, 0.2) is 0 Å². The maximum Gasteiger partial charge on any atom is -0.0136 e. The summed E-state index contributed by atoms with van der Waals surface area (Å²) in [4.78, 5) is 0. The average molecular weight is 1010 g/mol. The summed E-state index contributed by atoms with van der Waals surface area (Å²) in [5.74, 6) is 5.91. The van der Waals surface area contributed by atoms with Gasteiger partial charge in [-0.05, 0) is 156 Å². The van der Waals surface area contributed by atoms with Crippen LogP contribution < -0.4 is 0 Å². The molecule has 4 unspecified atom stereocenters. The highest BCUT2D eigenvalue weighted by molar-refractivity contribution is 5.68. The molecule has 0 heterocycles. The van der Waals surface area contributed by atoms with Gasteiger partial charge in [0.2, 0.25) is 0 Å². The molecule has 0 saturated heterocycles. The number of rotatable bonds is 6. The van der Waals surface area contributed by atoms with E-state index >= 15 is 0 Å². The Morgan fingerprint density at radius 3 is 1.00 bits per heavy atom. The summed E-state index contributed by atoms with van der Waals surface area (Å²) < 4.78 is 0. The molecule has 4 fully saturated rings. The molecule has 400 valence electrons. The molecule has 8 aromatic rings. The zero-order valence-corrected chi connectivity index (χ0v) is 46.1. The molecule has 4 saturated carbocycles. The van der Waals surface area contributed by atoms with Gasteiger partial charge in [-0.3, -0.25) is 0 Å². The molecule has 4 atom stereocenters. The lowest BCUT2D eigenvalue weighted by Gasteiger charge is -2.22. The van der Waals surface area contributed by atoms with Crippen molar-refractivity contribution in [3.05, 3.63) is 252 Å². The largest absolute Gasteiger partial charge is 0.0776 e. The van der Waals surface area contributed by atoms with Crippen molar-refractivity contribution >= 4 is 0 Å². The predicted molar refractivity (Wildman–Crippen MR) is 336 cm³/mol. The average Bonchev–Trinajstić information content (AvgIpc) is 4.32. The van der Waals surface area contributed by atoms with Crippen molar-refractivity contribution in [2.75, 3.05) is 0 Å². The van der Waals surface area contributed by atoms with E-state index in [1.165, 1.54) is 126 Å². The van der Waals surface area contributed by atoms with Crippen LogP contribution >= 0.6 is 0 Å². The lowest BCUT2D eigenvalue weighted by molar-refractivity contribution is 0.280. The van der Waals surface area contributed by atoms with Gasteiger partial charge >= 0.3 is 0 Å². The van der Waals surface area contributed by atoms with Crippen molar-refractivity contribution < 1.29 is 0 Å². The first-order valence-corrected chi connectivity index (χ1v) is 28.7. The van der Waals surface area contributed by atoms with Crippen LogP contribution in [-0.4, -0.2) is 0 Å². The predicted octanol–water partition coefficient (Wildman–Crippen LogP) is 23.1. The third kappa shape index (κ3) is 18.5. The van der Waals surface area contributed by atoms with Crippen LogP contribution in [0.3, 0.4) is 0 Å². The molecule has 0 aliphatic heterocycles. The maximum absolute atomic E-state index is 2.47. The normalized spacial score (nSPS) is 18.4. The van der Waals surface area contributed by atoms with Crippen molar-refractivity contribution in [2.24, 2.45) is 23.7 Å². The van der Waals surface area contributed by atoms with Crippen LogP contribution in [-0.2, 0) is 0 Å². The minimum atomic E-state index is 0. The molecule has 0 N–H and O–H groups in total. The molecule has 8 aromatic carbocycles. The molecule has 76 heavy (non-hydrogen) atoms. The van der Waals surface area contributed by atoms with Crippen LogP contribution in [0.5, 0.6) is 0 Å². The quantitative estimate of drug-likeness (QED) is 0.156. The van der Waals surface area contributed by atoms with Gasteiger partial charge in [-0.2, -0.15) is 0 Å². The van der Waals surface area contributed by atoms with E-state index in [9.17, 15) is 0 Å². The molecule has 0 heteroatoms. The zero-order chi connectivity index (χ0) is 51.7. The molecule has 0 nitrogen and oxygen atoms in total. The summed E-state index contributed by atoms with van der Waals surface area (Å²) in [5.41, 5.74) is 16.4. The Kier molecular flexibility index (Phi) is 26.4. The molecule has 12 rings (SSSR count). The van der Waals surface area contributed by atoms with E-state index in [0.29, 0.717) is 0 Å². The van der Waals surface area contributed by atoms with Crippen molar-refractivity contribution in [1.82, 2.24) is 0 Å². The monoisotopic (exact) mass is 1010 g/mol. The summed E-state index contributed by atoms with van der Waals surface area (Å²) in [7, 11) is 0. The Bertz CT molecular complexity index is 2570. The van der Waals surface area contributed by atoms with Crippen LogP contribution in [0.2, 0.25) is 0 Å². The Labute approximate surface area is 464 Å². The Morgan fingerprint density at radius 2 is 0.632 bits per heavy atom. The molecular formula is C76H96. The number of hydrogen-bond acceptors (Lipinski definition) is 0. The molecule has 0 spiro atoms. The summed E-state index contributed by atoms with van der Waals surface area (Å²) in [5, 5.41) is 0. The van der Waals surface area contributed by atoms with Crippen molar-refractivity contribution in [2.45, 2.75) is 158 Å². The first-order valence-electron chi connectivity index (χ1n) is 28.7. The highest BCUT2D eigenvalue weighted by Gasteiger charge is 2.32. The molecule has 0 aromatic heterocycles. The van der Waals surface area contributed by atoms with Crippen LogP contribution in [0.15, 0.2) is 218 Å². The van der Waals surface area contributed by atoms with Gasteiger partial charge in [-0.25, -0.2) is 0 Å². The molecule has 0 bridgehead atoms. The molecular weight excluding hydrogens is 913 g/mol. The van der Waals surface area contributed by atoms with Crippen LogP contribution in [0.1, 0.15) is 164 Å². The highest BCUT2D eigenvalue weighted by Crippen LogP contribution is 2.43. The van der Waals surface area contributed by atoms with E-state index in [0.717, 1.165) is 35.5 Å². The smallest absolute Gasteiger partial charge is 0.0136 e. The van der Waals surface area contributed by atoms with E-state index in [1.807, 2.05) is 18.2 Å². The second kappa shape index (κ2) is 33.0. The van der Waals surface area contributed by atoms with E-state index in [1.54, 1.807) is 30.4 Å². The zero-order valence-electron chi connectivity index (χ0n) is 46.1. The Morgan fingerprint density at radius 1 is 0.289 bits per heavy atom. The van der Waals surface area contributed by atoms with Gasteiger partial charge in [-0.1, -0.05) is 311 Å². The third-order valence-electron chi connectivity index (χ3n) is 16.7. The van der Waals surface area contributed by atoms with Crippen molar-refractivity contribution in [3.8, 4) is 33.4 Å². The lowest BCUT2D eigenvalue weighted by atomic mass is 9.84. The lowest BCUT2D eigenvalue weighted by Crippen LogP contribution is -2.13. The van der Waals surface area contributed by atoms with Crippen LogP contribution in [0.25, 0.3) is 33.4 Å². The van der Waals surface area contributed by atoms with E-state index in [2.05, 4.69) is 242 Å². The molecule has 0 amide bonds. The second-order valence-electron chi connectivity index (χ2n) is 21.9. The van der Waals surface area contributed by atoms with Gasteiger partial charge in [0.25, 0.3) is 0 Å². The van der Waals surface area contributed by atoms with E-state index in [4.69, 9.17) is 0 Å². The van der Waals surface area contributed by atoms with Gasteiger partial charge in [-0.15, -0.1) is 0 Å². The first kappa shape index (κ1) is 60.6. The fraction of sp³-hybridized carbons (Fsp3) is 0.368. The second-order valence-corrected chi connectivity index (χ2v) is 21.9. The Balaban J connectivity index is 0.000000168. The van der Waals surface area contributed by atoms with Gasteiger partial charge in [0, 0.05) is 0 Å². The van der Waals surface area contributed by atoms with Gasteiger partial charge in [0.05, 0.1) is 0 Å². The standard InChI is InChI=1S/3C13H12.2C12H16.C11H20.2CH4/c3*1-11-7-5-6-10-13(11)12-8-3-2-4-9-12;1-10-6-2-5-9-12(10)11-7-3-4-8-11;1-10-6-5-9-12(10)11-7-3-2-4-8-11;1-9-5-4-8-11(9)10-6-2-3-7-10;;/h3*2-10H,1H3;2,5-6,9,11H,3-4,7-8H2,1H3;2-4,7-8,10,12H,5-6,9H2,1H3;9-11H,2-8H2,1H3;2*1H4. The SMILES string of the molecule is C.C.CC1CCCC1C1CCCC1.CC1CCCC1c1ccccc1.Cc1ccccc1-c1ccccc1.Cc1ccccc1-c1ccccc1.Cc1ccccc1-c1ccccc1.Cc1ccccc1C1CCCC1. The Hall–Kier alpha value is -6.24. The third-order valence-corrected chi connectivity index (χ3v) is 16.7. The number of benzene rings is 8. The summed E-state index contributed by atoms with van der Waals surface area (Å²) in [6.45, 7) is 13.5. The minimum absolute atomic E-state index is 0. The number of aryl methyl sites for hydroxylation is 4. The highest BCUT2D eigenvalue weighted by atomic mass is 14.4. The summed E-state index contributed by atoms with van der Waals surface area (Å²) in [6.07, 6.45) is 20.6. The minimum Gasteiger partial charge on any atom is -0.0776 e. The van der Waals surface area contributed by atoms with E-state index < -0.39 is 0 Å². The summed E-state index contributed by atoms with van der Waals surface area (Å²) in [6, 6.07) is 76.5.